The van der Waals surface area contributed by atoms with Gasteiger partial charge in [-0.3, -0.25) is 0 Å². The van der Waals surface area contributed by atoms with Crippen LogP contribution in [0.1, 0.15) is 113 Å². The van der Waals surface area contributed by atoms with Crippen LogP contribution in [0.4, 0.5) is 0 Å². The van der Waals surface area contributed by atoms with Gasteiger partial charge in [-0.1, -0.05) is 60.6 Å². The lowest BCUT2D eigenvalue weighted by atomic mass is 9.28. The second kappa shape index (κ2) is 6.90. The minimum Gasteiger partial charge on any atom is -0.393 e. The second-order valence-electron chi connectivity index (χ2n) is 15.3. The molecule has 5 fully saturated rings. The first-order valence-electron chi connectivity index (χ1n) is 14.1. The molecule has 188 valence electrons. The van der Waals surface area contributed by atoms with Crippen LogP contribution in [0.2, 0.25) is 0 Å². The SMILES string of the molecule is C=C(C)[C@H]1CCC2[C@]1(C)CC[C@]1(C)[C@@]3(C)CCC4C(C)(C)[C@H](O)CC[C@]4(C)[C@H]3C[C@@H](O)[C@@]21C. The quantitative estimate of drug-likeness (QED) is 0.404. The Morgan fingerprint density at radius 1 is 0.697 bits per heavy atom. The van der Waals surface area contributed by atoms with E-state index in [9.17, 15) is 10.2 Å². The van der Waals surface area contributed by atoms with Gasteiger partial charge in [-0.15, -0.1) is 0 Å². The molecule has 2 heteroatoms. The van der Waals surface area contributed by atoms with Crippen molar-refractivity contribution in [2.24, 2.45) is 56.2 Å². The fourth-order valence-corrected chi connectivity index (χ4v) is 12.3. The zero-order chi connectivity index (χ0) is 24.4. The van der Waals surface area contributed by atoms with Crippen molar-refractivity contribution < 1.29 is 10.2 Å². The van der Waals surface area contributed by atoms with Crippen LogP contribution >= 0.6 is 0 Å². The Morgan fingerprint density at radius 3 is 2.00 bits per heavy atom. The molecule has 0 spiro atoms. The molecule has 2 nitrogen and oxygen atoms in total. The summed E-state index contributed by atoms with van der Waals surface area (Å²) >= 11 is 0. The predicted molar refractivity (Wildman–Crippen MR) is 137 cm³/mol. The lowest BCUT2D eigenvalue weighted by Gasteiger charge is -2.76. The van der Waals surface area contributed by atoms with E-state index in [1.54, 1.807) is 0 Å². The van der Waals surface area contributed by atoms with Gasteiger partial charge >= 0.3 is 0 Å². The van der Waals surface area contributed by atoms with Gasteiger partial charge in [0.15, 0.2) is 0 Å². The Morgan fingerprint density at radius 2 is 1.36 bits per heavy atom. The van der Waals surface area contributed by atoms with E-state index in [4.69, 9.17) is 0 Å². The van der Waals surface area contributed by atoms with E-state index in [0.29, 0.717) is 23.7 Å². The first-order valence-corrected chi connectivity index (χ1v) is 14.1. The molecule has 5 rings (SSSR count). The average Bonchev–Trinajstić information content (AvgIpc) is 3.08. The van der Waals surface area contributed by atoms with E-state index >= 15 is 0 Å². The highest BCUT2D eigenvalue weighted by Crippen LogP contribution is 2.80. The van der Waals surface area contributed by atoms with Crippen molar-refractivity contribution in [3.05, 3.63) is 12.2 Å². The molecule has 5 aliphatic carbocycles. The van der Waals surface area contributed by atoms with Crippen LogP contribution < -0.4 is 0 Å². The van der Waals surface area contributed by atoms with Crippen molar-refractivity contribution >= 4 is 0 Å². The van der Waals surface area contributed by atoms with Gasteiger partial charge in [-0.2, -0.15) is 0 Å². The Bertz CT molecular complexity index is 846. The van der Waals surface area contributed by atoms with Crippen LogP contribution in [0, 0.1) is 56.2 Å². The molecule has 0 bridgehead atoms. The van der Waals surface area contributed by atoms with Gasteiger partial charge in [0.1, 0.15) is 0 Å². The molecule has 2 N–H and O–H groups in total. The molecule has 0 aromatic carbocycles. The molecule has 0 heterocycles. The Balaban J connectivity index is 1.60. The van der Waals surface area contributed by atoms with E-state index in [0.717, 1.165) is 19.3 Å². The van der Waals surface area contributed by atoms with Crippen LogP contribution in [0.3, 0.4) is 0 Å². The molecule has 2 unspecified atom stereocenters. The van der Waals surface area contributed by atoms with Gasteiger partial charge in [0, 0.05) is 5.41 Å². The van der Waals surface area contributed by atoms with Gasteiger partial charge in [0.2, 0.25) is 0 Å². The number of hydrogen-bond donors (Lipinski definition) is 2. The van der Waals surface area contributed by atoms with E-state index < -0.39 is 0 Å². The van der Waals surface area contributed by atoms with Crippen molar-refractivity contribution in [1.29, 1.82) is 0 Å². The fraction of sp³-hybridized carbons (Fsp3) is 0.935. The Hall–Kier alpha value is -0.340. The van der Waals surface area contributed by atoms with Crippen LogP contribution in [-0.2, 0) is 0 Å². The molecular weight excluding hydrogens is 404 g/mol. The van der Waals surface area contributed by atoms with Crippen LogP contribution in [0.25, 0.3) is 0 Å². The number of rotatable bonds is 1. The molecule has 0 saturated heterocycles. The van der Waals surface area contributed by atoms with Gasteiger partial charge in [-0.05, 0) is 115 Å². The summed E-state index contributed by atoms with van der Waals surface area (Å²) in [5, 5.41) is 23.1. The Kier molecular flexibility index (Phi) is 5.10. The van der Waals surface area contributed by atoms with E-state index in [1.807, 2.05) is 0 Å². The molecule has 0 aliphatic heterocycles. The molecule has 33 heavy (non-hydrogen) atoms. The third kappa shape index (κ3) is 2.59. The second-order valence-corrected chi connectivity index (χ2v) is 15.3. The summed E-state index contributed by atoms with van der Waals surface area (Å²) in [4.78, 5) is 0. The summed E-state index contributed by atoms with van der Waals surface area (Å²) in [5.41, 5.74) is 2.16. The van der Waals surface area contributed by atoms with Crippen molar-refractivity contribution in [2.45, 2.75) is 125 Å². The highest BCUT2D eigenvalue weighted by atomic mass is 16.3. The predicted octanol–water partition coefficient (Wildman–Crippen LogP) is 7.39. The van der Waals surface area contributed by atoms with Crippen LogP contribution in [0.15, 0.2) is 12.2 Å². The molecule has 5 saturated carbocycles. The number of allylic oxidation sites excluding steroid dienone is 1. The lowest BCUT2D eigenvalue weighted by Crippen LogP contribution is -2.72. The van der Waals surface area contributed by atoms with Crippen molar-refractivity contribution in [1.82, 2.24) is 0 Å². The van der Waals surface area contributed by atoms with Crippen LogP contribution in [0.5, 0.6) is 0 Å². The highest BCUT2D eigenvalue weighted by molar-refractivity contribution is 5.26. The number of aliphatic hydroxyl groups excluding tert-OH is 2. The summed E-state index contributed by atoms with van der Waals surface area (Å²) < 4.78 is 0. The first kappa shape index (κ1) is 24.4. The zero-order valence-corrected chi connectivity index (χ0v) is 22.9. The highest BCUT2D eigenvalue weighted by Gasteiger charge is 2.75. The van der Waals surface area contributed by atoms with Crippen LogP contribution in [-0.4, -0.2) is 22.4 Å². The standard InChI is InChI=1S/C31H52O2/c1-19(2)20-10-11-22-27(20,5)16-17-30(8)29(7)15-12-21-26(3,4)24(32)13-14-28(21,6)23(29)18-25(33)31(22,30)9/h20-25,32-33H,1,10-18H2,2-9H3/t20-,21?,22?,23-,24-,25-,27-,28+,29+,30-,31-/m1/s1. The number of hydrogen-bond acceptors (Lipinski definition) is 2. The summed E-state index contributed by atoms with van der Waals surface area (Å²) in [6.45, 7) is 24.1. The third-order valence-electron chi connectivity index (χ3n) is 14.4. The summed E-state index contributed by atoms with van der Waals surface area (Å²) in [6.07, 6.45) is 10.0. The fourth-order valence-electron chi connectivity index (χ4n) is 12.3. The maximum atomic E-state index is 12.2. The lowest BCUT2D eigenvalue weighted by molar-refractivity contribution is -0.305. The van der Waals surface area contributed by atoms with Crippen molar-refractivity contribution in [3.8, 4) is 0 Å². The summed E-state index contributed by atoms with van der Waals surface area (Å²) in [7, 11) is 0. The van der Waals surface area contributed by atoms with E-state index in [2.05, 4.69) is 62.0 Å². The topological polar surface area (TPSA) is 40.5 Å². The zero-order valence-electron chi connectivity index (χ0n) is 22.9. The monoisotopic (exact) mass is 456 g/mol. The van der Waals surface area contributed by atoms with Gasteiger partial charge in [0.25, 0.3) is 0 Å². The molecule has 0 amide bonds. The molecule has 0 aromatic heterocycles. The molecule has 5 aliphatic rings. The van der Waals surface area contributed by atoms with Crippen molar-refractivity contribution in [2.75, 3.05) is 0 Å². The maximum Gasteiger partial charge on any atom is 0.0605 e. The molecule has 0 radical (unpaired) electrons. The minimum atomic E-state index is -0.236. The van der Waals surface area contributed by atoms with Gasteiger partial charge < -0.3 is 10.2 Å². The van der Waals surface area contributed by atoms with E-state index in [1.165, 1.54) is 44.1 Å². The number of fused-ring (bicyclic) bond motifs is 7. The first-order chi connectivity index (χ1) is 15.1. The normalized spacial score (nSPS) is 59.7. The molecule has 0 aromatic rings. The average molecular weight is 457 g/mol. The Labute approximate surface area is 204 Å². The minimum absolute atomic E-state index is 0.0355. The molecular formula is C31H52O2. The van der Waals surface area contributed by atoms with Crippen molar-refractivity contribution in [3.63, 3.8) is 0 Å². The third-order valence-corrected chi connectivity index (χ3v) is 14.4. The summed E-state index contributed by atoms with van der Waals surface area (Å²) in [6, 6.07) is 0. The smallest absolute Gasteiger partial charge is 0.0605 e. The largest absolute Gasteiger partial charge is 0.393 e. The molecule has 11 atom stereocenters. The van der Waals surface area contributed by atoms with Gasteiger partial charge in [-0.25, -0.2) is 0 Å². The number of aliphatic hydroxyl groups is 2. The van der Waals surface area contributed by atoms with Gasteiger partial charge in [0.05, 0.1) is 12.2 Å². The van der Waals surface area contributed by atoms with E-state index in [-0.39, 0.29) is 44.7 Å². The summed E-state index contributed by atoms with van der Waals surface area (Å²) in [5.74, 6) is 2.26. The maximum absolute atomic E-state index is 12.2.